The standard InChI is InChI=1S/C21H22O5/c22-13-15-25-20-9-3-17(4-10-20)1-7-19(24)8-2-18-5-11-21(12-6-18)26-16-14-23/h1-12,22-23H,13-16H2. The van der Waals surface area contributed by atoms with Crippen LogP contribution >= 0.6 is 0 Å². The first kappa shape index (κ1) is 19.4. The molecule has 0 heterocycles. The Morgan fingerprint density at radius 2 is 1.12 bits per heavy atom. The van der Waals surface area contributed by atoms with E-state index in [2.05, 4.69) is 0 Å². The molecule has 0 radical (unpaired) electrons. The maximum atomic E-state index is 11.9. The molecule has 0 atom stereocenters. The quantitative estimate of drug-likeness (QED) is 0.642. The fourth-order valence-corrected chi connectivity index (χ4v) is 2.09. The zero-order valence-corrected chi connectivity index (χ0v) is 14.4. The highest BCUT2D eigenvalue weighted by molar-refractivity contribution is 6.04. The van der Waals surface area contributed by atoms with Gasteiger partial charge in [0.15, 0.2) is 5.78 Å². The van der Waals surface area contributed by atoms with Gasteiger partial charge >= 0.3 is 0 Å². The maximum Gasteiger partial charge on any atom is 0.178 e. The minimum atomic E-state index is -0.119. The molecule has 0 aliphatic carbocycles. The third-order valence-electron chi connectivity index (χ3n) is 3.36. The average Bonchev–Trinajstić information content (AvgIpc) is 2.69. The van der Waals surface area contributed by atoms with Gasteiger partial charge in [-0.25, -0.2) is 0 Å². The van der Waals surface area contributed by atoms with Gasteiger partial charge in [-0.3, -0.25) is 4.79 Å². The van der Waals surface area contributed by atoms with E-state index in [9.17, 15) is 4.79 Å². The Morgan fingerprint density at radius 3 is 1.46 bits per heavy atom. The summed E-state index contributed by atoms with van der Waals surface area (Å²) >= 11 is 0. The first-order valence-corrected chi connectivity index (χ1v) is 8.29. The number of aliphatic hydroxyl groups is 2. The largest absolute Gasteiger partial charge is 0.491 e. The minimum absolute atomic E-state index is 0.0269. The van der Waals surface area contributed by atoms with Crippen LogP contribution < -0.4 is 9.47 Å². The summed E-state index contributed by atoms with van der Waals surface area (Å²) in [5.41, 5.74) is 1.77. The summed E-state index contributed by atoms with van der Waals surface area (Å²) in [6.07, 6.45) is 6.46. The molecule has 0 aliphatic rings. The van der Waals surface area contributed by atoms with E-state index in [-0.39, 0.29) is 32.2 Å². The Kier molecular flexibility index (Phi) is 8.12. The van der Waals surface area contributed by atoms with Gasteiger partial charge in [-0.2, -0.15) is 0 Å². The molecule has 2 rings (SSSR count). The second-order valence-corrected chi connectivity index (χ2v) is 5.35. The Bertz CT molecular complexity index is 667. The van der Waals surface area contributed by atoms with Crippen molar-refractivity contribution in [1.82, 2.24) is 0 Å². The summed E-state index contributed by atoms with van der Waals surface area (Å²) in [6, 6.07) is 14.5. The lowest BCUT2D eigenvalue weighted by Gasteiger charge is -2.03. The molecule has 0 amide bonds. The van der Waals surface area contributed by atoms with Crippen molar-refractivity contribution in [2.24, 2.45) is 0 Å². The molecule has 136 valence electrons. The summed E-state index contributed by atoms with van der Waals surface area (Å²) in [5.74, 6) is 1.23. The predicted octanol–water partition coefficient (Wildman–Crippen LogP) is 2.72. The number of hydrogen-bond acceptors (Lipinski definition) is 5. The Hall–Kier alpha value is -2.89. The zero-order chi connectivity index (χ0) is 18.6. The Morgan fingerprint density at radius 1 is 0.731 bits per heavy atom. The first-order valence-electron chi connectivity index (χ1n) is 8.29. The molecule has 0 spiro atoms. The lowest BCUT2D eigenvalue weighted by molar-refractivity contribution is -0.110. The van der Waals surface area contributed by atoms with Crippen molar-refractivity contribution in [1.29, 1.82) is 0 Å². The van der Waals surface area contributed by atoms with Gasteiger partial charge in [-0.1, -0.05) is 36.4 Å². The molecule has 0 aliphatic heterocycles. The van der Waals surface area contributed by atoms with Crippen LogP contribution in [-0.2, 0) is 4.79 Å². The second kappa shape index (κ2) is 10.9. The van der Waals surface area contributed by atoms with Gasteiger partial charge in [-0.15, -0.1) is 0 Å². The molecule has 0 aromatic heterocycles. The van der Waals surface area contributed by atoms with Crippen molar-refractivity contribution >= 4 is 17.9 Å². The fraction of sp³-hybridized carbons (Fsp3) is 0.190. The highest BCUT2D eigenvalue weighted by Gasteiger charge is 1.96. The highest BCUT2D eigenvalue weighted by atomic mass is 16.5. The summed E-state index contributed by atoms with van der Waals surface area (Å²) in [6.45, 7) is 0.460. The van der Waals surface area contributed by atoms with Gasteiger partial charge in [0.1, 0.15) is 24.7 Å². The monoisotopic (exact) mass is 354 g/mol. The van der Waals surface area contributed by atoms with Gasteiger partial charge in [0.05, 0.1) is 13.2 Å². The van der Waals surface area contributed by atoms with E-state index in [4.69, 9.17) is 19.7 Å². The second-order valence-electron chi connectivity index (χ2n) is 5.35. The topological polar surface area (TPSA) is 76.0 Å². The number of ether oxygens (including phenoxy) is 2. The molecule has 0 saturated heterocycles. The van der Waals surface area contributed by atoms with Crippen LogP contribution in [0.5, 0.6) is 11.5 Å². The van der Waals surface area contributed by atoms with Crippen molar-refractivity contribution in [2.75, 3.05) is 26.4 Å². The molecule has 0 bridgehead atoms. The van der Waals surface area contributed by atoms with E-state index >= 15 is 0 Å². The van der Waals surface area contributed by atoms with E-state index in [1.165, 1.54) is 12.2 Å². The van der Waals surface area contributed by atoms with Crippen LogP contribution in [0.2, 0.25) is 0 Å². The lowest BCUT2D eigenvalue weighted by Crippen LogP contribution is -2.01. The van der Waals surface area contributed by atoms with Crippen molar-refractivity contribution in [2.45, 2.75) is 0 Å². The summed E-state index contributed by atoms with van der Waals surface area (Å²) in [5, 5.41) is 17.4. The minimum Gasteiger partial charge on any atom is -0.491 e. The van der Waals surface area contributed by atoms with Crippen LogP contribution in [0, 0.1) is 0 Å². The van der Waals surface area contributed by atoms with Gasteiger partial charge < -0.3 is 19.7 Å². The molecule has 5 heteroatoms. The first-order chi connectivity index (χ1) is 12.7. The van der Waals surface area contributed by atoms with E-state index in [0.29, 0.717) is 11.5 Å². The molecular formula is C21H22O5. The van der Waals surface area contributed by atoms with Crippen molar-refractivity contribution < 1.29 is 24.5 Å². The Labute approximate surface area is 152 Å². The summed E-state index contributed by atoms with van der Waals surface area (Å²) in [7, 11) is 0. The molecule has 2 aromatic carbocycles. The van der Waals surface area contributed by atoms with Crippen LogP contribution in [0.25, 0.3) is 12.2 Å². The van der Waals surface area contributed by atoms with Crippen LogP contribution in [0.4, 0.5) is 0 Å². The predicted molar refractivity (Wildman–Crippen MR) is 101 cm³/mol. The van der Waals surface area contributed by atoms with Crippen LogP contribution in [0.1, 0.15) is 11.1 Å². The number of ketones is 1. The summed E-state index contributed by atoms with van der Waals surface area (Å²) < 4.78 is 10.6. The van der Waals surface area contributed by atoms with Crippen molar-refractivity contribution in [3.05, 3.63) is 71.8 Å². The number of rotatable bonds is 10. The molecular weight excluding hydrogens is 332 g/mol. The maximum absolute atomic E-state index is 11.9. The van der Waals surface area contributed by atoms with E-state index in [1.54, 1.807) is 36.4 Å². The van der Waals surface area contributed by atoms with Crippen molar-refractivity contribution in [3.63, 3.8) is 0 Å². The highest BCUT2D eigenvalue weighted by Crippen LogP contribution is 2.14. The number of carbonyl (C=O) groups excluding carboxylic acids is 1. The molecule has 2 N–H and O–H groups in total. The van der Waals surface area contributed by atoms with Gasteiger partial charge in [0.2, 0.25) is 0 Å². The number of benzene rings is 2. The summed E-state index contributed by atoms with van der Waals surface area (Å²) in [4.78, 5) is 11.9. The molecule has 0 saturated carbocycles. The van der Waals surface area contributed by atoms with Crippen LogP contribution in [0.3, 0.4) is 0 Å². The van der Waals surface area contributed by atoms with E-state index in [1.807, 2.05) is 24.3 Å². The van der Waals surface area contributed by atoms with Gasteiger partial charge in [0, 0.05) is 0 Å². The number of aliphatic hydroxyl groups excluding tert-OH is 2. The third-order valence-corrected chi connectivity index (χ3v) is 3.36. The molecule has 0 unspecified atom stereocenters. The molecule has 2 aromatic rings. The van der Waals surface area contributed by atoms with E-state index < -0.39 is 0 Å². The normalized spacial score (nSPS) is 11.2. The smallest absolute Gasteiger partial charge is 0.178 e. The van der Waals surface area contributed by atoms with Crippen molar-refractivity contribution in [3.8, 4) is 11.5 Å². The molecule has 26 heavy (non-hydrogen) atoms. The third kappa shape index (κ3) is 6.93. The Balaban J connectivity index is 1.86. The number of hydrogen-bond donors (Lipinski definition) is 2. The lowest BCUT2D eigenvalue weighted by atomic mass is 10.1. The van der Waals surface area contributed by atoms with E-state index in [0.717, 1.165) is 11.1 Å². The number of carbonyl (C=O) groups is 1. The van der Waals surface area contributed by atoms with Crippen LogP contribution in [0.15, 0.2) is 60.7 Å². The molecule has 5 nitrogen and oxygen atoms in total. The van der Waals surface area contributed by atoms with Gasteiger partial charge in [0.25, 0.3) is 0 Å². The van der Waals surface area contributed by atoms with Crippen LogP contribution in [-0.4, -0.2) is 42.4 Å². The molecule has 0 fully saturated rings. The SMILES string of the molecule is O=C(C=Cc1ccc(OCCO)cc1)C=Cc1ccc(OCCO)cc1. The zero-order valence-electron chi connectivity index (χ0n) is 14.4. The van der Waals surface area contributed by atoms with Gasteiger partial charge in [-0.05, 0) is 47.5 Å². The number of allylic oxidation sites excluding steroid dienone is 2. The average molecular weight is 354 g/mol. The fourth-order valence-electron chi connectivity index (χ4n) is 2.09.